The molecule has 0 unspecified atom stereocenters. The Kier molecular flexibility index (Phi) is 13.8. The van der Waals surface area contributed by atoms with Crippen molar-refractivity contribution in [2.45, 2.75) is 84.5 Å². The molecule has 2 aromatic rings. The molecule has 1 aromatic heterocycles. The summed E-state index contributed by atoms with van der Waals surface area (Å²) in [5, 5.41) is 0. The Morgan fingerprint density at radius 3 is 2.27 bits per heavy atom. The van der Waals surface area contributed by atoms with Gasteiger partial charge in [0.2, 0.25) is 0 Å². The molecule has 1 aromatic carbocycles. The Morgan fingerprint density at radius 2 is 1.58 bits per heavy atom. The average molecular weight is 453 g/mol. The number of hydrogen-bond acceptors (Lipinski definition) is 5. The largest absolute Gasteiger partial charge is 0.423 e. The number of ether oxygens (including phenoxy) is 2. The fourth-order valence-corrected chi connectivity index (χ4v) is 3.40. The molecule has 0 aliphatic rings. The van der Waals surface area contributed by atoms with Crippen LogP contribution in [0, 0.1) is 0 Å². The zero-order valence-corrected chi connectivity index (χ0v) is 20.4. The Hall–Kier alpha value is -2.53. The SMILES string of the molecule is CCCC/C=C\CCCC(=O)Oc1cnc(-c2ccc(CCCCCOCCC)cc2)nc1. The summed E-state index contributed by atoms with van der Waals surface area (Å²) in [5.74, 6) is 0.781. The highest BCUT2D eigenvalue weighted by Gasteiger charge is 2.07. The molecule has 5 nitrogen and oxygen atoms in total. The summed E-state index contributed by atoms with van der Waals surface area (Å²) >= 11 is 0. The van der Waals surface area contributed by atoms with Crippen molar-refractivity contribution in [3.05, 3.63) is 54.4 Å². The fourth-order valence-electron chi connectivity index (χ4n) is 3.40. The number of carbonyl (C=O) groups excluding carboxylic acids is 1. The van der Waals surface area contributed by atoms with Crippen LogP contribution in [0.15, 0.2) is 48.8 Å². The smallest absolute Gasteiger partial charge is 0.311 e. The third-order valence-corrected chi connectivity index (χ3v) is 5.32. The van der Waals surface area contributed by atoms with E-state index in [0.29, 0.717) is 18.0 Å². The van der Waals surface area contributed by atoms with Crippen LogP contribution in [0.3, 0.4) is 0 Å². The maximum Gasteiger partial charge on any atom is 0.311 e. The maximum absolute atomic E-state index is 12.0. The molecular weight excluding hydrogens is 412 g/mol. The molecule has 0 aliphatic heterocycles. The highest BCUT2D eigenvalue weighted by Crippen LogP contribution is 2.19. The van der Waals surface area contributed by atoms with Crippen molar-refractivity contribution in [2.24, 2.45) is 0 Å². The second-order valence-electron chi connectivity index (χ2n) is 8.34. The van der Waals surface area contributed by atoms with E-state index in [1.54, 1.807) is 12.4 Å². The second-order valence-corrected chi connectivity index (χ2v) is 8.34. The van der Waals surface area contributed by atoms with Crippen molar-refractivity contribution >= 4 is 5.97 Å². The monoisotopic (exact) mass is 452 g/mol. The number of esters is 1. The molecule has 0 saturated heterocycles. The number of nitrogens with zero attached hydrogens (tertiary/aromatic N) is 2. The first-order valence-electron chi connectivity index (χ1n) is 12.6. The Labute approximate surface area is 199 Å². The molecule has 0 atom stereocenters. The molecular formula is C28H40N2O3. The zero-order valence-electron chi connectivity index (χ0n) is 20.4. The number of aryl methyl sites for hydroxylation is 1. The van der Waals surface area contributed by atoms with Gasteiger partial charge in [-0.05, 0) is 50.5 Å². The van der Waals surface area contributed by atoms with Crippen molar-refractivity contribution in [3.8, 4) is 17.1 Å². The Bertz CT molecular complexity index is 801. The first kappa shape index (κ1) is 26.7. The topological polar surface area (TPSA) is 61.3 Å². The Balaban J connectivity index is 1.69. The van der Waals surface area contributed by atoms with Crippen LogP contribution in [-0.4, -0.2) is 29.2 Å². The summed E-state index contributed by atoms with van der Waals surface area (Å²) in [6.07, 6.45) is 18.7. The van der Waals surface area contributed by atoms with E-state index in [0.717, 1.165) is 57.3 Å². The van der Waals surface area contributed by atoms with E-state index in [1.807, 2.05) is 0 Å². The summed E-state index contributed by atoms with van der Waals surface area (Å²) < 4.78 is 10.9. The normalized spacial score (nSPS) is 11.2. The van der Waals surface area contributed by atoms with Crippen LogP contribution in [0.1, 0.15) is 83.6 Å². The van der Waals surface area contributed by atoms with Gasteiger partial charge in [-0.1, -0.05) is 69.5 Å². The second kappa shape index (κ2) is 17.0. The van der Waals surface area contributed by atoms with Gasteiger partial charge in [0.25, 0.3) is 0 Å². The first-order valence-corrected chi connectivity index (χ1v) is 12.6. The van der Waals surface area contributed by atoms with E-state index in [9.17, 15) is 4.79 Å². The minimum atomic E-state index is -0.241. The van der Waals surface area contributed by atoms with Gasteiger partial charge in [-0.25, -0.2) is 9.97 Å². The quantitative estimate of drug-likeness (QED) is 0.145. The van der Waals surface area contributed by atoms with Crippen molar-refractivity contribution in [1.29, 1.82) is 0 Å². The van der Waals surface area contributed by atoms with Crippen molar-refractivity contribution in [2.75, 3.05) is 13.2 Å². The third-order valence-electron chi connectivity index (χ3n) is 5.32. The summed E-state index contributed by atoms with van der Waals surface area (Å²) in [4.78, 5) is 20.7. The van der Waals surface area contributed by atoms with Crippen LogP contribution in [0.25, 0.3) is 11.4 Å². The number of benzene rings is 1. The number of hydrogen-bond donors (Lipinski definition) is 0. The van der Waals surface area contributed by atoms with Gasteiger partial charge in [-0.2, -0.15) is 0 Å². The van der Waals surface area contributed by atoms with E-state index >= 15 is 0 Å². The van der Waals surface area contributed by atoms with Gasteiger partial charge in [-0.3, -0.25) is 4.79 Å². The zero-order chi connectivity index (χ0) is 23.6. The lowest BCUT2D eigenvalue weighted by molar-refractivity contribution is -0.134. The predicted molar refractivity (Wildman–Crippen MR) is 134 cm³/mol. The van der Waals surface area contributed by atoms with Gasteiger partial charge in [0, 0.05) is 25.2 Å². The first-order chi connectivity index (χ1) is 16.2. The molecule has 5 heteroatoms. The van der Waals surface area contributed by atoms with Crippen LogP contribution in [0.4, 0.5) is 0 Å². The van der Waals surface area contributed by atoms with Gasteiger partial charge in [0.15, 0.2) is 11.6 Å². The number of carbonyl (C=O) groups is 1. The lowest BCUT2D eigenvalue weighted by Crippen LogP contribution is -2.08. The molecule has 1 heterocycles. The van der Waals surface area contributed by atoms with Gasteiger partial charge >= 0.3 is 5.97 Å². The van der Waals surface area contributed by atoms with Gasteiger partial charge < -0.3 is 9.47 Å². The van der Waals surface area contributed by atoms with E-state index in [4.69, 9.17) is 9.47 Å². The lowest BCUT2D eigenvalue weighted by Gasteiger charge is -2.06. The van der Waals surface area contributed by atoms with Crippen LogP contribution in [-0.2, 0) is 16.0 Å². The molecule has 0 saturated carbocycles. The molecule has 0 amide bonds. The summed E-state index contributed by atoms with van der Waals surface area (Å²) in [6, 6.07) is 8.37. The minimum Gasteiger partial charge on any atom is -0.423 e. The molecule has 0 aliphatic carbocycles. The number of unbranched alkanes of at least 4 members (excludes halogenated alkanes) is 5. The predicted octanol–water partition coefficient (Wildman–Crippen LogP) is 7.11. The van der Waals surface area contributed by atoms with E-state index < -0.39 is 0 Å². The maximum atomic E-state index is 12.0. The van der Waals surface area contributed by atoms with E-state index in [-0.39, 0.29) is 5.97 Å². The molecule has 180 valence electrons. The van der Waals surface area contributed by atoms with E-state index in [1.165, 1.54) is 31.2 Å². The van der Waals surface area contributed by atoms with Crippen molar-refractivity contribution in [1.82, 2.24) is 9.97 Å². The molecule has 0 bridgehead atoms. The van der Waals surface area contributed by atoms with Crippen molar-refractivity contribution < 1.29 is 14.3 Å². The van der Waals surface area contributed by atoms with Crippen LogP contribution < -0.4 is 4.74 Å². The highest BCUT2D eigenvalue weighted by atomic mass is 16.5. The number of allylic oxidation sites excluding steroid dienone is 2. The van der Waals surface area contributed by atoms with Crippen LogP contribution in [0.5, 0.6) is 5.75 Å². The summed E-state index contributed by atoms with van der Waals surface area (Å²) in [5.41, 5.74) is 2.28. The van der Waals surface area contributed by atoms with Crippen LogP contribution in [0.2, 0.25) is 0 Å². The van der Waals surface area contributed by atoms with Gasteiger partial charge in [0.05, 0.1) is 12.4 Å². The van der Waals surface area contributed by atoms with E-state index in [2.05, 4.69) is 60.2 Å². The van der Waals surface area contributed by atoms with Gasteiger partial charge in [0.1, 0.15) is 0 Å². The lowest BCUT2D eigenvalue weighted by atomic mass is 10.0. The molecule has 33 heavy (non-hydrogen) atoms. The number of rotatable bonds is 17. The summed E-state index contributed by atoms with van der Waals surface area (Å²) in [6.45, 7) is 6.05. The Morgan fingerprint density at radius 1 is 0.848 bits per heavy atom. The van der Waals surface area contributed by atoms with Crippen LogP contribution >= 0.6 is 0 Å². The van der Waals surface area contributed by atoms with Crippen molar-refractivity contribution in [3.63, 3.8) is 0 Å². The highest BCUT2D eigenvalue weighted by molar-refractivity contribution is 5.72. The summed E-state index contributed by atoms with van der Waals surface area (Å²) in [7, 11) is 0. The average Bonchev–Trinajstić information content (AvgIpc) is 2.84. The molecule has 0 N–H and O–H groups in total. The molecule has 2 rings (SSSR count). The molecule has 0 radical (unpaired) electrons. The molecule has 0 spiro atoms. The third kappa shape index (κ3) is 11.8. The fraction of sp³-hybridized carbons (Fsp3) is 0.536. The molecule has 0 fully saturated rings. The minimum absolute atomic E-state index is 0.241. The van der Waals surface area contributed by atoms with Gasteiger partial charge in [-0.15, -0.1) is 0 Å². The number of aromatic nitrogens is 2. The standard InChI is InChI=1S/C28H40N2O3/c1-3-5-6-7-8-9-12-15-27(31)33-26-22-29-28(30-23-26)25-18-16-24(17-19-25)14-11-10-13-21-32-20-4-2/h7-8,16-19,22-23H,3-6,9-15,20-21H2,1-2H3/b8-7-.